The van der Waals surface area contributed by atoms with Gasteiger partial charge in [0.05, 0.1) is 11.8 Å². The van der Waals surface area contributed by atoms with Gasteiger partial charge in [-0.15, -0.1) is 5.10 Å². The van der Waals surface area contributed by atoms with E-state index in [1.165, 1.54) is 6.20 Å². The smallest absolute Gasteiger partial charge is 0.220 e. The third-order valence-electron chi connectivity index (χ3n) is 2.59. The SMILES string of the molecule is NC(=S)c1ccnnc1NCC1CCC(=O)N1. The molecule has 1 aliphatic heterocycles. The lowest BCUT2D eigenvalue weighted by Crippen LogP contribution is -2.32. The predicted molar refractivity (Wildman–Crippen MR) is 67.6 cm³/mol. The van der Waals surface area contributed by atoms with E-state index in [0.717, 1.165) is 6.42 Å². The van der Waals surface area contributed by atoms with Gasteiger partial charge in [0.1, 0.15) is 4.99 Å². The van der Waals surface area contributed by atoms with Crippen LogP contribution in [-0.4, -0.2) is 33.7 Å². The van der Waals surface area contributed by atoms with E-state index in [9.17, 15) is 4.79 Å². The Balaban J connectivity index is 1.99. The third-order valence-corrected chi connectivity index (χ3v) is 2.81. The van der Waals surface area contributed by atoms with Crippen LogP contribution in [0.1, 0.15) is 18.4 Å². The van der Waals surface area contributed by atoms with Gasteiger partial charge in [-0.05, 0) is 12.5 Å². The minimum atomic E-state index is 0.0884. The van der Waals surface area contributed by atoms with Gasteiger partial charge in [0, 0.05) is 19.0 Å². The summed E-state index contributed by atoms with van der Waals surface area (Å²) in [6.07, 6.45) is 2.94. The Kier molecular flexibility index (Phi) is 3.48. The van der Waals surface area contributed by atoms with E-state index >= 15 is 0 Å². The first-order chi connectivity index (χ1) is 8.16. The second kappa shape index (κ2) is 5.05. The number of nitrogens with two attached hydrogens (primary N) is 1. The molecule has 1 aliphatic rings. The third kappa shape index (κ3) is 2.88. The number of hydrogen-bond acceptors (Lipinski definition) is 5. The van der Waals surface area contributed by atoms with Crippen LogP contribution in [0.5, 0.6) is 0 Å². The number of carbonyl (C=O) groups is 1. The Hall–Kier alpha value is -1.76. The summed E-state index contributed by atoms with van der Waals surface area (Å²) in [5, 5.41) is 13.7. The number of thiocarbonyl (C=S) groups is 1. The molecule has 1 saturated heterocycles. The molecule has 1 aromatic heterocycles. The summed E-state index contributed by atoms with van der Waals surface area (Å²) in [5.41, 5.74) is 6.24. The number of carbonyl (C=O) groups excluding carboxylic acids is 1. The highest BCUT2D eigenvalue weighted by molar-refractivity contribution is 7.80. The molecule has 1 fully saturated rings. The number of aromatic nitrogens is 2. The maximum absolute atomic E-state index is 11.0. The molecular formula is C10H13N5OS. The molecule has 0 radical (unpaired) electrons. The highest BCUT2D eigenvalue weighted by atomic mass is 32.1. The molecule has 17 heavy (non-hydrogen) atoms. The number of nitrogens with one attached hydrogen (secondary N) is 2. The van der Waals surface area contributed by atoms with Gasteiger partial charge in [-0.2, -0.15) is 5.10 Å². The summed E-state index contributed by atoms with van der Waals surface area (Å²) < 4.78 is 0. The van der Waals surface area contributed by atoms with Gasteiger partial charge in [-0.1, -0.05) is 12.2 Å². The van der Waals surface area contributed by atoms with Crippen molar-refractivity contribution >= 4 is 28.9 Å². The number of nitrogens with zero attached hydrogens (tertiary/aromatic N) is 2. The summed E-state index contributed by atoms with van der Waals surface area (Å²) in [6, 6.07) is 1.84. The Morgan fingerprint density at radius 2 is 2.53 bits per heavy atom. The zero-order chi connectivity index (χ0) is 12.3. The average molecular weight is 251 g/mol. The van der Waals surface area contributed by atoms with E-state index in [0.29, 0.717) is 24.3 Å². The van der Waals surface area contributed by atoms with Crippen molar-refractivity contribution in [3.05, 3.63) is 17.8 Å². The Bertz CT molecular complexity index is 450. The van der Waals surface area contributed by atoms with Crippen molar-refractivity contribution < 1.29 is 4.79 Å². The Morgan fingerprint density at radius 3 is 3.18 bits per heavy atom. The molecule has 1 aromatic rings. The van der Waals surface area contributed by atoms with Crippen LogP contribution in [-0.2, 0) is 4.79 Å². The summed E-state index contributed by atoms with van der Waals surface area (Å²) in [7, 11) is 0. The van der Waals surface area contributed by atoms with Crippen LogP contribution in [0.3, 0.4) is 0 Å². The van der Waals surface area contributed by atoms with Crippen molar-refractivity contribution in [3.8, 4) is 0 Å². The van der Waals surface area contributed by atoms with Crippen molar-refractivity contribution in [2.75, 3.05) is 11.9 Å². The van der Waals surface area contributed by atoms with Crippen LogP contribution < -0.4 is 16.4 Å². The molecule has 0 aliphatic carbocycles. The zero-order valence-corrected chi connectivity index (χ0v) is 9.96. The summed E-state index contributed by atoms with van der Waals surface area (Å²) in [5.74, 6) is 0.645. The first kappa shape index (κ1) is 11.7. The van der Waals surface area contributed by atoms with Gasteiger partial charge >= 0.3 is 0 Å². The minimum absolute atomic E-state index is 0.0884. The van der Waals surface area contributed by atoms with E-state index in [-0.39, 0.29) is 16.9 Å². The quantitative estimate of drug-likeness (QED) is 0.642. The molecule has 1 atom stereocenters. The highest BCUT2D eigenvalue weighted by Gasteiger charge is 2.20. The first-order valence-electron chi connectivity index (χ1n) is 5.31. The normalized spacial score (nSPS) is 18.8. The van der Waals surface area contributed by atoms with Crippen molar-refractivity contribution in [2.45, 2.75) is 18.9 Å². The molecule has 2 rings (SSSR count). The molecule has 7 heteroatoms. The van der Waals surface area contributed by atoms with E-state index in [4.69, 9.17) is 18.0 Å². The van der Waals surface area contributed by atoms with E-state index in [1.807, 2.05) is 0 Å². The van der Waals surface area contributed by atoms with Crippen molar-refractivity contribution in [1.29, 1.82) is 0 Å². The molecule has 1 unspecified atom stereocenters. The van der Waals surface area contributed by atoms with Crippen LogP contribution in [0.4, 0.5) is 5.82 Å². The Morgan fingerprint density at radius 1 is 1.71 bits per heavy atom. The van der Waals surface area contributed by atoms with E-state index in [1.54, 1.807) is 6.07 Å². The second-order valence-electron chi connectivity index (χ2n) is 3.84. The highest BCUT2D eigenvalue weighted by Crippen LogP contribution is 2.12. The fourth-order valence-corrected chi connectivity index (χ4v) is 1.88. The number of anilines is 1. The zero-order valence-electron chi connectivity index (χ0n) is 9.14. The first-order valence-corrected chi connectivity index (χ1v) is 5.72. The van der Waals surface area contributed by atoms with Crippen LogP contribution in [0, 0.1) is 0 Å². The van der Waals surface area contributed by atoms with Crippen molar-refractivity contribution in [1.82, 2.24) is 15.5 Å². The van der Waals surface area contributed by atoms with Gasteiger partial charge < -0.3 is 16.4 Å². The molecule has 0 aromatic carbocycles. The molecule has 90 valence electrons. The molecule has 6 nitrogen and oxygen atoms in total. The summed E-state index contributed by atoms with van der Waals surface area (Å²) >= 11 is 4.92. The van der Waals surface area contributed by atoms with Gasteiger partial charge in [0.25, 0.3) is 0 Å². The molecular weight excluding hydrogens is 238 g/mol. The topological polar surface area (TPSA) is 92.9 Å². The van der Waals surface area contributed by atoms with Crippen LogP contribution >= 0.6 is 12.2 Å². The largest absolute Gasteiger partial charge is 0.389 e. The summed E-state index contributed by atoms with van der Waals surface area (Å²) in [4.78, 5) is 11.3. The summed E-state index contributed by atoms with van der Waals surface area (Å²) in [6.45, 7) is 0.597. The fraction of sp³-hybridized carbons (Fsp3) is 0.400. The van der Waals surface area contributed by atoms with Gasteiger partial charge in [-0.3, -0.25) is 4.79 Å². The Labute approximate surface area is 104 Å². The average Bonchev–Trinajstić information content (AvgIpc) is 2.73. The van der Waals surface area contributed by atoms with Crippen LogP contribution in [0.25, 0.3) is 0 Å². The maximum Gasteiger partial charge on any atom is 0.220 e. The fourth-order valence-electron chi connectivity index (χ4n) is 1.71. The van der Waals surface area contributed by atoms with E-state index < -0.39 is 0 Å². The molecule has 2 heterocycles. The van der Waals surface area contributed by atoms with Gasteiger partial charge in [0.2, 0.25) is 5.91 Å². The number of hydrogen-bond donors (Lipinski definition) is 3. The molecule has 0 spiro atoms. The lowest BCUT2D eigenvalue weighted by molar-refractivity contribution is -0.119. The monoisotopic (exact) mass is 251 g/mol. The van der Waals surface area contributed by atoms with Crippen LogP contribution in [0.2, 0.25) is 0 Å². The lowest BCUT2D eigenvalue weighted by Gasteiger charge is -2.13. The maximum atomic E-state index is 11.0. The van der Waals surface area contributed by atoms with Gasteiger partial charge in [-0.25, -0.2) is 0 Å². The molecule has 4 N–H and O–H groups in total. The van der Waals surface area contributed by atoms with E-state index in [2.05, 4.69) is 20.8 Å². The predicted octanol–water partition coefficient (Wildman–Crippen LogP) is -0.199. The second-order valence-corrected chi connectivity index (χ2v) is 4.28. The van der Waals surface area contributed by atoms with Crippen molar-refractivity contribution in [2.24, 2.45) is 5.73 Å². The standard InChI is InChI=1S/C10H13N5OS/c11-9(17)7-3-4-13-15-10(7)12-5-6-1-2-8(16)14-6/h3-4,6H,1-2,5H2,(H2,11,17)(H,12,15)(H,14,16). The number of amides is 1. The molecule has 1 amide bonds. The minimum Gasteiger partial charge on any atom is -0.389 e. The number of rotatable bonds is 4. The molecule has 0 bridgehead atoms. The van der Waals surface area contributed by atoms with Crippen molar-refractivity contribution in [3.63, 3.8) is 0 Å². The lowest BCUT2D eigenvalue weighted by atomic mass is 10.2. The van der Waals surface area contributed by atoms with Gasteiger partial charge in [0.15, 0.2) is 5.82 Å². The molecule has 0 saturated carbocycles. The van der Waals surface area contributed by atoms with Crippen LogP contribution in [0.15, 0.2) is 12.3 Å².